The second kappa shape index (κ2) is 6.31. The molecule has 106 valence electrons. The van der Waals surface area contributed by atoms with Crippen molar-refractivity contribution in [3.05, 3.63) is 46.7 Å². The maximum atomic E-state index is 3.56. The van der Waals surface area contributed by atoms with Gasteiger partial charge in [-0.1, -0.05) is 0 Å². The van der Waals surface area contributed by atoms with Crippen molar-refractivity contribution in [2.45, 2.75) is 32.2 Å². The molecule has 3 heteroatoms. The highest BCUT2D eigenvalue weighted by molar-refractivity contribution is 7.07. The van der Waals surface area contributed by atoms with E-state index >= 15 is 0 Å². The van der Waals surface area contributed by atoms with Gasteiger partial charge >= 0.3 is 0 Å². The molecule has 2 nitrogen and oxygen atoms in total. The summed E-state index contributed by atoms with van der Waals surface area (Å²) in [4.78, 5) is 2.50. The summed E-state index contributed by atoms with van der Waals surface area (Å²) in [5, 5.41) is 7.90. The number of hydrogen-bond donors (Lipinski definition) is 1. The van der Waals surface area contributed by atoms with Crippen molar-refractivity contribution in [2.24, 2.45) is 0 Å². The van der Waals surface area contributed by atoms with E-state index in [1.807, 2.05) is 0 Å². The summed E-state index contributed by atoms with van der Waals surface area (Å²) in [6, 6.07) is 11.4. The second-order valence-corrected chi connectivity index (χ2v) is 6.30. The molecule has 3 rings (SSSR count). The molecule has 1 saturated heterocycles. The zero-order valence-corrected chi connectivity index (χ0v) is 12.8. The molecule has 2 aromatic rings. The van der Waals surface area contributed by atoms with Crippen LogP contribution in [0, 0.1) is 0 Å². The smallest absolute Gasteiger partial charge is 0.0493 e. The van der Waals surface area contributed by atoms with Crippen LogP contribution in [0.3, 0.4) is 0 Å². The van der Waals surface area contributed by atoms with Gasteiger partial charge in [0.05, 0.1) is 0 Å². The first kappa shape index (κ1) is 13.5. The Kier molecular flexibility index (Phi) is 4.26. The largest absolute Gasteiger partial charge is 0.378 e. The van der Waals surface area contributed by atoms with E-state index in [2.05, 4.69) is 58.2 Å². The van der Waals surface area contributed by atoms with Gasteiger partial charge in [-0.2, -0.15) is 11.3 Å². The number of piperidine rings is 1. The SMILES string of the molecule is CC(Nc1ccc(N2CCCCC2)cc1)c1ccsc1. The van der Waals surface area contributed by atoms with E-state index in [0.717, 1.165) is 0 Å². The molecule has 1 N–H and O–H groups in total. The van der Waals surface area contributed by atoms with E-state index in [9.17, 15) is 0 Å². The molecule has 1 fully saturated rings. The lowest BCUT2D eigenvalue weighted by Gasteiger charge is -2.29. The van der Waals surface area contributed by atoms with Crippen LogP contribution in [-0.4, -0.2) is 13.1 Å². The molecule has 1 aliphatic heterocycles. The van der Waals surface area contributed by atoms with Crippen LogP contribution in [0.5, 0.6) is 0 Å². The predicted octanol–water partition coefficient (Wildman–Crippen LogP) is 4.91. The van der Waals surface area contributed by atoms with Crippen LogP contribution < -0.4 is 10.2 Å². The maximum Gasteiger partial charge on any atom is 0.0493 e. The van der Waals surface area contributed by atoms with Crippen LogP contribution in [0.4, 0.5) is 11.4 Å². The Hall–Kier alpha value is -1.48. The Balaban J connectivity index is 1.63. The Morgan fingerprint density at radius 2 is 1.80 bits per heavy atom. The molecule has 0 radical (unpaired) electrons. The van der Waals surface area contributed by atoms with Gasteiger partial charge in [-0.05, 0) is 72.8 Å². The highest BCUT2D eigenvalue weighted by atomic mass is 32.1. The van der Waals surface area contributed by atoms with Crippen LogP contribution in [-0.2, 0) is 0 Å². The molecule has 1 unspecified atom stereocenters. The van der Waals surface area contributed by atoms with Crippen molar-refractivity contribution in [1.82, 2.24) is 0 Å². The quantitative estimate of drug-likeness (QED) is 0.859. The van der Waals surface area contributed by atoms with Crippen LogP contribution in [0.2, 0.25) is 0 Å². The minimum atomic E-state index is 0.363. The Morgan fingerprint density at radius 3 is 2.45 bits per heavy atom. The van der Waals surface area contributed by atoms with Crippen LogP contribution in [0.1, 0.15) is 37.8 Å². The van der Waals surface area contributed by atoms with E-state index < -0.39 is 0 Å². The van der Waals surface area contributed by atoms with Crippen molar-refractivity contribution in [3.63, 3.8) is 0 Å². The number of nitrogens with one attached hydrogen (secondary N) is 1. The summed E-state index contributed by atoms with van der Waals surface area (Å²) >= 11 is 1.75. The average Bonchev–Trinajstić information content (AvgIpc) is 3.03. The first-order valence-electron chi connectivity index (χ1n) is 7.46. The fraction of sp³-hybridized carbons (Fsp3) is 0.412. The molecular formula is C17H22N2S. The minimum absolute atomic E-state index is 0.363. The van der Waals surface area contributed by atoms with E-state index in [1.165, 1.54) is 49.3 Å². The number of benzene rings is 1. The van der Waals surface area contributed by atoms with Gasteiger partial charge in [0.25, 0.3) is 0 Å². The summed E-state index contributed by atoms with van der Waals surface area (Å²) < 4.78 is 0. The van der Waals surface area contributed by atoms with Gasteiger partial charge in [-0.25, -0.2) is 0 Å². The minimum Gasteiger partial charge on any atom is -0.378 e. The summed E-state index contributed by atoms with van der Waals surface area (Å²) in [6.45, 7) is 4.62. The zero-order valence-electron chi connectivity index (χ0n) is 12.0. The molecule has 0 aliphatic carbocycles. The molecule has 0 spiro atoms. The van der Waals surface area contributed by atoms with Gasteiger partial charge in [0.1, 0.15) is 0 Å². The third kappa shape index (κ3) is 3.15. The third-order valence-corrected chi connectivity index (χ3v) is 4.72. The van der Waals surface area contributed by atoms with E-state index in [-0.39, 0.29) is 0 Å². The Morgan fingerprint density at radius 1 is 1.05 bits per heavy atom. The predicted molar refractivity (Wildman–Crippen MR) is 88.9 cm³/mol. The van der Waals surface area contributed by atoms with Crippen molar-refractivity contribution in [2.75, 3.05) is 23.3 Å². The molecule has 1 aromatic heterocycles. The van der Waals surface area contributed by atoms with E-state index in [0.29, 0.717) is 6.04 Å². The average molecular weight is 286 g/mol. The van der Waals surface area contributed by atoms with Gasteiger partial charge in [-0.15, -0.1) is 0 Å². The maximum absolute atomic E-state index is 3.56. The molecule has 0 bridgehead atoms. The fourth-order valence-electron chi connectivity index (χ4n) is 2.78. The van der Waals surface area contributed by atoms with Crippen molar-refractivity contribution in [3.8, 4) is 0 Å². The standard InChI is InChI=1S/C17H22N2S/c1-14(15-9-12-20-13-15)18-16-5-7-17(8-6-16)19-10-3-2-4-11-19/h5-9,12-14,18H,2-4,10-11H2,1H3. The highest BCUT2D eigenvalue weighted by Gasteiger charge is 2.11. The Labute approximate surface area is 125 Å². The summed E-state index contributed by atoms with van der Waals surface area (Å²) in [6.07, 6.45) is 4.04. The molecule has 0 saturated carbocycles. The van der Waals surface area contributed by atoms with Gasteiger partial charge < -0.3 is 10.2 Å². The van der Waals surface area contributed by atoms with Crippen molar-refractivity contribution >= 4 is 22.7 Å². The van der Waals surface area contributed by atoms with Gasteiger partial charge in [0, 0.05) is 30.5 Å². The van der Waals surface area contributed by atoms with Crippen LogP contribution in [0.15, 0.2) is 41.1 Å². The highest BCUT2D eigenvalue weighted by Crippen LogP contribution is 2.25. The van der Waals surface area contributed by atoms with Crippen molar-refractivity contribution < 1.29 is 0 Å². The summed E-state index contributed by atoms with van der Waals surface area (Å²) in [5.41, 5.74) is 3.91. The molecule has 1 atom stereocenters. The normalized spacial score (nSPS) is 16.9. The molecule has 20 heavy (non-hydrogen) atoms. The lowest BCUT2D eigenvalue weighted by Crippen LogP contribution is -2.29. The number of hydrogen-bond acceptors (Lipinski definition) is 3. The summed E-state index contributed by atoms with van der Waals surface area (Å²) in [5.74, 6) is 0. The molecule has 1 aliphatic rings. The van der Waals surface area contributed by atoms with Crippen molar-refractivity contribution in [1.29, 1.82) is 0 Å². The van der Waals surface area contributed by atoms with Gasteiger partial charge in [0.2, 0.25) is 0 Å². The molecular weight excluding hydrogens is 264 g/mol. The monoisotopic (exact) mass is 286 g/mol. The number of nitrogens with zero attached hydrogens (tertiary/aromatic N) is 1. The number of anilines is 2. The fourth-order valence-corrected chi connectivity index (χ4v) is 3.53. The molecule has 2 heterocycles. The zero-order chi connectivity index (χ0) is 13.8. The van der Waals surface area contributed by atoms with Crippen LogP contribution in [0.25, 0.3) is 0 Å². The van der Waals surface area contributed by atoms with Gasteiger partial charge in [0.15, 0.2) is 0 Å². The first-order valence-corrected chi connectivity index (χ1v) is 8.41. The molecule has 0 amide bonds. The second-order valence-electron chi connectivity index (χ2n) is 5.52. The lowest BCUT2D eigenvalue weighted by molar-refractivity contribution is 0.578. The van der Waals surface area contributed by atoms with E-state index in [1.54, 1.807) is 11.3 Å². The topological polar surface area (TPSA) is 15.3 Å². The van der Waals surface area contributed by atoms with Gasteiger partial charge in [-0.3, -0.25) is 0 Å². The number of thiophene rings is 1. The first-order chi connectivity index (χ1) is 9.83. The molecule has 1 aromatic carbocycles. The van der Waals surface area contributed by atoms with Crippen LogP contribution >= 0.6 is 11.3 Å². The summed E-state index contributed by atoms with van der Waals surface area (Å²) in [7, 11) is 0. The number of rotatable bonds is 4. The lowest BCUT2D eigenvalue weighted by atomic mass is 10.1. The van der Waals surface area contributed by atoms with E-state index in [4.69, 9.17) is 0 Å². The third-order valence-electron chi connectivity index (χ3n) is 4.01. The Bertz CT molecular complexity index is 512.